The molecule has 0 aliphatic carbocycles. The second-order valence-corrected chi connectivity index (χ2v) is 4.82. The van der Waals surface area contributed by atoms with Crippen molar-refractivity contribution in [1.29, 1.82) is 0 Å². The lowest BCUT2D eigenvalue weighted by molar-refractivity contribution is 0.550. The predicted molar refractivity (Wildman–Crippen MR) is 71.1 cm³/mol. The van der Waals surface area contributed by atoms with Gasteiger partial charge in [-0.15, -0.1) is 0 Å². The molecule has 0 saturated carbocycles. The third-order valence-electron chi connectivity index (χ3n) is 2.71. The number of aryl methyl sites for hydroxylation is 1. The SMILES string of the molecule is Cn1cc(C(Cc2ccccc2Br)NN)cn1. The highest BCUT2D eigenvalue weighted by Crippen LogP contribution is 2.22. The van der Waals surface area contributed by atoms with E-state index in [0.29, 0.717) is 0 Å². The number of halogens is 1. The van der Waals surface area contributed by atoms with E-state index in [0.717, 1.165) is 16.5 Å². The standard InChI is InChI=1S/C12H15BrN4/c1-17-8-10(7-15-17)12(16-14)6-9-4-2-3-5-11(9)13/h2-5,7-8,12,16H,6,14H2,1H3. The molecule has 90 valence electrons. The first-order valence-corrected chi connectivity index (χ1v) is 6.18. The number of hydrazine groups is 1. The zero-order valence-electron chi connectivity index (χ0n) is 9.60. The van der Waals surface area contributed by atoms with E-state index >= 15 is 0 Å². The Bertz CT molecular complexity index is 495. The smallest absolute Gasteiger partial charge is 0.0538 e. The van der Waals surface area contributed by atoms with Gasteiger partial charge in [0.1, 0.15) is 0 Å². The minimum Gasteiger partial charge on any atom is -0.275 e. The Balaban J connectivity index is 2.18. The molecule has 0 fully saturated rings. The average molecular weight is 295 g/mol. The summed E-state index contributed by atoms with van der Waals surface area (Å²) in [5, 5.41) is 4.16. The molecule has 2 aromatic rings. The van der Waals surface area contributed by atoms with Gasteiger partial charge in [0.05, 0.1) is 12.2 Å². The number of hydrogen-bond acceptors (Lipinski definition) is 3. The Morgan fingerprint density at radius 3 is 2.82 bits per heavy atom. The number of aromatic nitrogens is 2. The van der Waals surface area contributed by atoms with Gasteiger partial charge >= 0.3 is 0 Å². The van der Waals surface area contributed by atoms with Crippen LogP contribution in [-0.2, 0) is 13.5 Å². The second-order valence-electron chi connectivity index (χ2n) is 3.96. The molecule has 1 heterocycles. The highest BCUT2D eigenvalue weighted by Gasteiger charge is 2.13. The summed E-state index contributed by atoms with van der Waals surface area (Å²) in [4.78, 5) is 0. The molecule has 1 aromatic heterocycles. The number of nitrogens with one attached hydrogen (secondary N) is 1. The summed E-state index contributed by atoms with van der Waals surface area (Å²) >= 11 is 3.54. The summed E-state index contributed by atoms with van der Waals surface area (Å²) in [7, 11) is 1.90. The third kappa shape index (κ3) is 2.94. The van der Waals surface area contributed by atoms with Crippen molar-refractivity contribution in [1.82, 2.24) is 15.2 Å². The van der Waals surface area contributed by atoms with E-state index < -0.39 is 0 Å². The van der Waals surface area contributed by atoms with Crippen molar-refractivity contribution in [2.75, 3.05) is 0 Å². The molecule has 0 bridgehead atoms. The fourth-order valence-electron chi connectivity index (χ4n) is 1.78. The van der Waals surface area contributed by atoms with Crippen molar-refractivity contribution >= 4 is 15.9 Å². The predicted octanol–water partition coefficient (Wildman–Crippen LogP) is 1.93. The Kier molecular flexibility index (Phi) is 3.93. The summed E-state index contributed by atoms with van der Waals surface area (Å²) in [5.74, 6) is 5.61. The number of nitrogens with two attached hydrogens (primary N) is 1. The van der Waals surface area contributed by atoms with Gasteiger partial charge in [-0.3, -0.25) is 16.0 Å². The zero-order chi connectivity index (χ0) is 12.3. The van der Waals surface area contributed by atoms with Gasteiger partial charge in [-0.1, -0.05) is 34.1 Å². The van der Waals surface area contributed by atoms with Gasteiger partial charge in [0, 0.05) is 23.3 Å². The van der Waals surface area contributed by atoms with Crippen molar-refractivity contribution in [3.05, 3.63) is 52.3 Å². The Hall–Kier alpha value is -1.17. The van der Waals surface area contributed by atoms with Gasteiger partial charge in [-0.05, 0) is 18.1 Å². The average Bonchev–Trinajstić information content (AvgIpc) is 2.75. The van der Waals surface area contributed by atoms with Crippen LogP contribution in [0, 0.1) is 0 Å². The van der Waals surface area contributed by atoms with E-state index in [1.807, 2.05) is 37.6 Å². The van der Waals surface area contributed by atoms with Crippen LogP contribution in [-0.4, -0.2) is 9.78 Å². The third-order valence-corrected chi connectivity index (χ3v) is 3.48. The molecular formula is C12H15BrN4. The highest BCUT2D eigenvalue weighted by atomic mass is 79.9. The lowest BCUT2D eigenvalue weighted by Gasteiger charge is -2.15. The quantitative estimate of drug-likeness (QED) is 0.669. The van der Waals surface area contributed by atoms with Crippen molar-refractivity contribution in [2.24, 2.45) is 12.9 Å². The molecule has 1 aromatic carbocycles. The summed E-state index contributed by atoms with van der Waals surface area (Å²) in [6.45, 7) is 0. The second kappa shape index (κ2) is 5.44. The van der Waals surface area contributed by atoms with Gasteiger partial charge in [-0.2, -0.15) is 5.10 Å². The molecule has 5 heteroatoms. The molecule has 0 saturated heterocycles. The lowest BCUT2D eigenvalue weighted by Crippen LogP contribution is -2.29. The van der Waals surface area contributed by atoms with Crippen LogP contribution in [0.1, 0.15) is 17.2 Å². The highest BCUT2D eigenvalue weighted by molar-refractivity contribution is 9.10. The Labute approximate surface area is 109 Å². The van der Waals surface area contributed by atoms with Gasteiger partial charge < -0.3 is 0 Å². The van der Waals surface area contributed by atoms with E-state index in [2.05, 4.69) is 32.5 Å². The number of nitrogens with zero attached hydrogens (tertiary/aromatic N) is 2. The maximum atomic E-state index is 5.61. The normalized spacial score (nSPS) is 12.6. The zero-order valence-corrected chi connectivity index (χ0v) is 11.2. The fourth-order valence-corrected chi connectivity index (χ4v) is 2.22. The van der Waals surface area contributed by atoms with E-state index in [1.54, 1.807) is 4.68 Å². The number of rotatable bonds is 4. The summed E-state index contributed by atoms with van der Waals surface area (Å²) in [5.41, 5.74) is 5.14. The minimum absolute atomic E-state index is 0.0717. The first-order chi connectivity index (χ1) is 8.20. The molecule has 17 heavy (non-hydrogen) atoms. The van der Waals surface area contributed by atoms with Crippen LogP contribution in [0.4, 0.5) is 0 Å². The van der Waals surface area contributed by atoms with E-state index in [9.17, 15) is 0 Å². The first-order valence-electron chi connectivity index (χ1n) is 5.39. The van der Waals surface area contributed by atoms with Gasteiger partial charge in [0.15, 0.2) is 0 Å². The van der Waals surface area contributed by atoms with Crippen LogP contribution < -0.4 is 11.3 Å². The Morgan fingerprint density at radius 2 is 2.24 bits per heavy atom. The summed E-state index contributed by atoms with van der Waals surface area (Å²) in [6, 6.07) is 8.22. The van der Waals surface area contributed by atoms with E-state index in [4.69, 9.17) is 5.84 Å². The maximum Gasteiger partial charge on any atom is 0.0538 e. The van der Waals surface area contributed by atoms with Crippen LogP contribution in [0.3, 0.4) is 0 Å². The molecule has 0 spiro atoms. The molecule has 4 nitrogen and oxygen atoms in total. The molecule has 3 N–H and O–H groups in total. The van der Waals surface area contributed by atoms with E-state index in [1.165, 1.54) is 5.56 Å². The number of benzene rings is 1. The van der Waals surface area contributed by atoms with Crippen LogP contribution in [0.2, 0.25) is 0 Å². The summed E-state index contributed by atoms with van der Waals surface area (Å²) < 4.78 is 2.88. The lowest BCUT2D eigenvalue weighted by atomic mass is 10.0. The maximum absolute atomic E-state index is 5.61. The van der Waals surface area contributed by atoms with Gasteiger partial charge in [0.2, 0.25) is 0 Å². The van der Waals surface area contributed by atoms with Crippen molar-refractivity contribution in [2.45, 2.75) is 12.5 Å². The molecule has 0 aliphatic heterocycles. The molecule has 0 aliphatic rings. The topological polar surface area (TPSA) is 55.9 Å². The fraction of sp³-hybridized carbons (Fsp3) is 0.250. The van der Waals surface area contributed by atoms with Crippen molar-refractivity contribution < 1.29 is 0 Å². The molecule has 0 amide bonds. The van der Waals surface area contributed by atoms with Crippen LogP contribution in [0.25, 0.3) is 0 Å². The van der Waals surface area contributed by atoms with Crippen LogP contribution >= 0.6 is 15.9 Å². The Morgan fingerprint density at radius 1 is 1.47 bits per heavy atom. The molecule has 1 atom stereocenters. The van der Waals surface area contributed by atoms with E-state index in [-0.39, 0.29) is 6.04 Å². The van der Waals surface area contributed by atoms with Crippen molar-refractivity contribution in [3.63, 3.8) is 0 Å². The largest absolute Gasteiger partial charge is 0.275 e. The van der Waals surface area contributed by atoms with Gasteiger partial charge in [0.25, 0.3) is 0 Å². The first kappa shape index (κ1) is 12.3. The minimum atomic E-state index is 0.0717. The molecule has 1 unspecified atom stereocenters. The van der Waals surface area contributed by atoms with Crippen LogP contribution in [0.15, 0.2) is 41.1 Å². The summed E-state index contributed by atoms with van der Waals surface area (Å²) in [6.07, 6.45) is 4.63. The monoisotopic (exact) mass is 294 g/mol. The van der Waals surface area contributed by atoms with Crippen LogP contribution in [0.5, 0.6) is 0 Å². The van der Waals surface area contributed by atoms with Crippen molar-refractivity contribution in [3.8, 4) is 0 Å². The molecular weight excluding hydrogens is 280 g/mol. The van der Waals surface area contributed by atoms with Gasteiger partial charge in [-0.25, -0.2) is 0 Å². The molecule has 2 rings (SSSR count). The number of hydrogen-bond donors (Lipinski definition) is 2. The molecule has 0 radical (unpaired) electrons.